The van der Waals surface area contributed by atoms with Gasteiger partial charge in [-0.25, -0.2) is 8.42 Å². The molecular weight excluding hydrogens is 254 g/mol. The molecule has 0 saturated carbocycles. The third kappa shape index (κ3) is 2.06. The van der Waals surface area contributed by atoms with Gasteiger partial charge in [0, 0.05) is 18.0 Å². The minimum absolute atomic E-state index is 0.264. The second-order valence-electron chi connectivity index (χ2n) is 3.45. The van der Waals surface area contributed by atoms with E-state index in [2.05, 4.69) is 0 Å². The maximum Gasteiger partial charge on any atom is 0.244 e. The van der Waals surface area contributed by atoms with Crippen LogP contribution in [0.2, 0.25) is 0 Å². The molecule has 0 N–H and O–H groups in total. The summed E-state index contributed by atoms with van der Waals surface area (Å²) < 4.78 is 25.8. The summed E-state index contributed by atoms with van der Waals surface area (Å²) >= 11 is 7.11. The first-order valence-corrected chi connectivity index (χ1v) is 7.64. The molecule has 15 heavy (non-hydrogen) atoms. The number of thiophene rings is 1. The van der Waals surface area contributed by atoms with Crippen LogP contribution in [0.3, 0.4) is 0 Å². The van der Waals surface area contributed by atoms with Crippen molar-refractivity contribution in [1.82, 2.24) is 4.31 Å². The van der Waals surface area contributed by atoms with Gasteiger partial charge in [-0.15, -0.1) is 22.9 Å². The largest absolute Gasteiger partial charge is 0.244 e. The van der Waals surface area contributed by atoms with Crippen LogP contribution in [0.15, 0.2) is 16.3 Å². The predicted octanol–water partition coefficient (Wildman–Crippen LogP) is 2.27. The Bertz CT molecular complexity index is 435. The summed E-state index contributed by atoms with van der Waals surface area (Å²) in [5, 5.41) is 1.78. The van der Waals surface area contributed by atoms with E-state index < -0.39 is 10.0 Å². The summed E-state index contributed by atoms with van der Waals surface area (Å²) in [6, 6.07) is 1.65. The zero-order valence-electron chi connectivity index (χ0n) is 8.15. The van der Waals surface area contributed by atoms with Gasteiger partial charge in [-0.3, -0.25) is 0 Å². The Kier molecular flexibility index (Phi) is 3.35. The Morgan fingerprint density at radius 3 is 2.67 bits per heavy atom. The number of hydrogen-bond donors (Lipinski definition) is 0. The van der Waals surface area contributed by atoms with Gasteiger partial charge in [0.15, 0.2) is 0 Å². The Morgan fingerprint density at radius 2 is 2.07 bits per heavy atom. The number of halogens is 1. The van der Waals surface area contributed by atoms with Gasteiger partial charge in [-0.2, -0.15) is 4.31 Å². The van der Waals surface area contributed by atoms with E-state index in [0.29, 0.717) is 18.0 Å². The molecular formula is C9H12ClNO2S2. The van der Waals surface area contributed by atoms with E-state index in [9.17, 15) is 8.42 Å². The average molecular weight is 266 g/mol. The summed E-state index contributed by atoms with van der Waals surface area (Å²) in [6.45, 7) is 1.28. The van der Waals surface area contributed by atoms with Crippen molar-refractivity contribution >= 4 is 33.0 Å². The smallest absolute Gasteiger partial charge is 0.207 e. The molecule has 0 amide bonds. The van der Waals surface area contributed by atoms with Gasteiger partial charge >= 0.3 is 0 Å². The van der Waals surface area contributed by atoms with Crippen molar-refractivity contribution in [2.75, 3.05) is 13.1 Å². The number of rotatable bonds is 3. The predicted molar refractivity (Wildman–Crippen MR) is 61.9 cm³/mol. The maximum absolute atomic E-state index is 12.1. The van der Waals surface area contributed by atoms with E-state index in [1.54, 1.807) is 15.8 Å². The molecule has 0 bridgehead atoms. The van der Waals surface area contributed by atoms with Crippen molar-refractivity contribution in [3.63, 3.8) is 0 Å². The van der Waals surface area contributed by atoms with Gasteiger partial charge < -0.3 is 0 Å². The molecule has 1 aliphatic rings. The van der Waals surface area contributed by atoms with Crippen molar-refractivity contribution in [3.05, 3.63) is 16.3 Å². The Balaban J connectivity index is 2.36. The fraction of sp³-hybridized carbons (Fsp3) is 0.556. The van der Waals surface area contributed by atoms with Crippen LogP contribution in [-0.2, 0) is 15.9 Å². The van der Waals surface area contributed by atoms with Crippen molar-refractivity contribution < 1.29 is 8.42 Å². The minimum Gasteiger partial charge on any atom is -0.207 e. The quantitative estimate of drug-likeness (QED) is 0.787. The van der Waals surface area contributed by atoms with Crippen LogP contribution in [0.1, 0.15) is 17.7 Å². The number of sulfonamides is 1. The molecule has 1 fully saturated rings. The zero-order chi connectivity index (χ0) is 10.9. The lowest BCUT2D eigenvalue weighted by Crippen LogP contribution is -2.28. The highest BCUT2D eigenvalue weighted by atomic mass is 35.5. The van der Waals surface area contributed by atoms with Crippen LogP contribution >= 0.6 is 22.9 Å². The lowest BCUT2D eigenvalue weighted by molar-refractivity contribution is 0.477. The van der Waals surface area contributed by atoms with Gasteiger partial charge in [0.2, 0.25) is 10.0 Å². The average Bonchev–Trinajstić information content (AvgIpc) is 2.89. The third-order valence-corrected chi connectivity index (χ3v) is 5.97. The molecule has 0 aromatic carbocycles. The number of alkyl halides is 1. The molecule has 6 heteroatoms. The molecule has 1 aromatic rings. The summed E-state index contributed by atoms with van der Waals surface area (Å²) in [7, 11) is -3.28. The lowest BCUT2D eigenvalue weighted by Gasteiger charge is -2.15. The highest BCUT2D eigenvalue weighted by Crippen LogP contribution is 2.28. The first-order chi connectivity index (χ1) is 7.16. The Morgan fingerprint density at radius 1 is 1.40 bits per heavy atom. The monoisotopic (exact) mass is 265 g/mol. The second-order valence-corrected chi connectivity index (χ2v) is 6.63. The van der Waals surface area contributed by atoms with Crippen molar-refractivity contribution in [1.29, 1.82) is 0 Å². The molecule has 0 spiro atoms. The van der Waals surface area contributed by atoms with E-state index in [1.165, 1.54) is 11.3 Å². The fourth-order valence-electron chi connectivity index (χ4n) is 1.72. The summed E-state index contributed by atoms with van der Waals surface area (Å²) in [6.07, 6.45) is 1.92. The van der Waals surface area contributed by atoms with Crippen LogP contribution in [0.4, 0.5) is 0 Å². The van der Waals surface area contributed by atoms with Crippen LogP contribution in [0.25, 0.3) is 0 Å². The van der Waals surface area contributed by atoms with Crippen LogP contribution in [0.5, 0.6) is 0 Å². The highest BCUT2D eigenvalue weighted by Gasteiger charge is 2.29. The van der Waals surface area contributed by atoms with Crippen molar-refractivity contribution in [3.8, 4) is 0 Å². The first kappa shape index (κ1) is 11.4. The van der Waals surface area contributed by atoms with Crippen LogP contribution in [0, 0.1) is 0 Å². The van der Waals surface area contributed by atoms with Gasteiger partial charge in [-0.05, 0) is 24.3 Å². The molecule has 1 aromatic heterocycles. The maximum atomic E-state index is 12.1. The molecule has 0 radical (unpaired) electrons. The topological polar surface area (TPSA) is 37.4 Å². The first-order valence-electron chi connectivity index (χ1n) is 4.79. The normalized spacial score (nSPS) is 18.5. The van der Waals surface area contributed by atoms with Gasteiger partial charge in [0.05, 0.1) is 10.8 Å². The van der Waals surface area contributed by atoms with Gasteiger partial charge in [-0.1, -0.05) is 0 Å². The van der Waals surface area contributed by atoms with E-state index >= 15 is 0 Å². The van der Waals surface area contributed by atoms with Crippen molar-refractivity contribution in [2.24, 2.45) is 0 Å². The second kappa shape index (κ2) is 4.41. The number of nitrogens with zero attached hydrogens (tertiary/aromatic N) is 1. The van der Waals surface area contributed by atoms with Gasteiger partial charge in [0.1, 0.15) is 0 Å². The molecule has 0 aliphatic carbocycles. The molecule has 1 saturated heterocycles. The summed E-state index contributed by atoms with van der Waals surface area (Å²) in [5.74, 6) is 0.264. The molecule has 2 rings (SSSR count). The molecule has 0 unspecified atom stereocenters. The molecule has 1 aliphatic heterocycles. The Hall–Kier alpha value is -0.100. The molecule has 0 atom stereocenters. The lowest BCUT2D eigenvalue weighted by atomic mass is 10.4. The molecule has 2 heterocycles. The molecule has 3 nitrogen and oxygen atoms in total. The standard InChI is InChI=1S/C9H12ClNO2S2/c10-7-8-9(3-6-14-8)15(12,13)11-4-1-2-5-11/h3,6H,1-2,4-5,7H2. The minimum atomic E-state index is -3.28. The van der Waals surface area contributed by atoms with E-state index in [1.807, 2.05) is 0 Å². The SMILES string of the molecule is O=S(=O)(c1ccsc1CCl)N1CCCC1. The third-order valence-electron chi connectivity index (χ3n) is 2.51. The highest BCUT2D eigenvalue weighted by molar-refractivity contribution is 7.89. The molecule has 84 valence electrons. The van der Waals surface area contributed by atoms with Crippen LogP contribution < -0.4 is 0 Å². The fourth-order valence-corrected chi connectivity index (χ4v) is 4.91. The van der Waals surface area contributed by atoms with Crippen molar-refractivity contribution in [2.45, 2.75) is 23.6 Å². The number of hydrogen-bond acceptors (Lipinski definition) is 3. The zero-order valence-corrected chi connectivity index (χ0v) is 10.5. The Labute approximate surface area is 98.7 Å². The van der Waals surface area contributed by atoms with E-state index in [0.717, 1.165) is 17.7 Å². The van der Waals surface area contributed by atoms with Gasteiger partial charge in [0.25, 0.3) is 0 Å². The summed E-state index contributed by atoms with van der Waals surface area (Å²) in [4.78, 5) is 1.13. The van der Waals surface area contributed by atoms with Crippen LogP contribution in [-0.4, -0.2) is 25.8 Å². The van der Waals surface area contributed by atoms with E-state index in [4.69, 9.17) is 11.6 Å². The summed E-state index contributed by atoms with van der Waals surface area (Å²) in [5.41, 5.74) is 0. The van der Waals surface area contributed by atoms with E-state index in [-0.39, 0.29) is 5.88 Å².